The first-order valence-electron chi connectivity index (χ1n) is 6.47. The minimum absolute atomic E-state index is 0.0637. The molecule has 2 aliphatic heterocycles. The molecule has 0 bridgehead atoms. The molecule has 18 heavy (non-hydrogen) atoms. The number of aliphatic hydroxyl groups is 1. The minimum Gasteiger partial charge on any atom is -0.490 e. The van der Waals surface area contributed by atoms with Gasteiger partial charge in [-0.15, -0.1) is 0 Å². The topological polar surface area (TPSA) is 41.5 Å². The van der Waals surface area contributed by atoms with Gasteiger partial charge in [0.1, 0.15) is 17.7 Å². The highest BCUT2D eigenvalue weighted by Gasteiger charge is 2.38. The van der Waals surface area contributed by atoms with Crippen LogP contribution in [0, 0.1) is 11.2 Å². The van der Waals surface area contributed by atoms with Gasteiger partial charge in [0.05, 0.1) is 6.61 Å². The third-order valence-corrected chi connectivity index (χ3v) is 4.09. The van der Waals surface area contributed by atoms with Crippen LogP contribution in [-0.2, 0) is 6.42 Å². The molecular weight excluding hydrogens is 233 g/mol. The molecule has 0 amide bonds. The lowest BCUT2D eigenvalue weighted by Gasteiger charge is -2.28. The highest BCUT2D eigenvalue weighted by molar-refractivity contribution is 5.37. The maximum absolute atomic E-state index is 13.1. The van der Waals surface area contributed by atoms with E-state index in [4.69, 9.17) is 4.74 Å². The van der Waals surface area contributed by atoms with Crippen LogP contribution < -0.4 is 10.1 Å². The Morgan fingerprint density at radius 3 is 3.11 bits per heavy atom. The number of hydrogen-bond donors (Lipinski definition) is 2. The van der Waals surface area contributed by atoms with Crippen molar-refractivity contribution < 1.29 is 14.2 Å². The van der Waals surface area contributed by atoms with E-state index >= 15 is 0 Å². The highest BCUT2D eigenvalue weighted by atomic mass is 19.1. The predicted molar refractivity (Wildman–Crippen MR) is 66.1 cm³/mol. The second kappa shape index (κ2) is 4.52. The first-order chi connectivity index (χ1) is 8.71. The number of fused-ring (bicyclic) bond motifs is 1. The molecule has 2 heterocycles. The van der Waals surface area contributed by atoms with Gasteiger partial charge in [-0.25, -0.2) is 4.39 Å². The Labute approximate surface area is 106 Å². The van der Waals surface area contributed by atoms with Crippen molar-refractivity contribution in [2.24, 2.45) is 5.41 Å². The van der Waals surface area contributed by atoms with Crippen LogP contribution in [0.5, 0.6) is 5.75 Å². The van der Waals surface area contributed by atoms with Crippen LogP contribution in [0.2, 0.25) is 0 Å². The average molecular weight is 251 g/mol. The Bertz CT molecular complexity index is 443. The predicted octanol–water partition coefficient (Wildman–Crippen LogP) is 1.49. The van der Waals surface area contributed by atoms with E-state index in [1.165, 1.54) is 6.07 Å². The lowest BCUT2D eigenvalue weighted by Crippen LogP contribution is -2.34. The maximum atomic E-state index is 13.1. The summed E-state index contributed by atoms with van der Waals surface area (Å²) < 4.78 is 19.0. The summed E-state index contributed by atoms with van der Waals surface area (Å²) in [5.41, 5.74) is 0.879. The largest absolute Gasteiger partial charge is 0.490 e. The zero-order valence-corrected chi connectivity index (χ0v) is 10.3. The van der Waals surface area contributed by atoms with E-state index in [-0.39, 0.29) is 23.9 Å². The number of rotatable bonds is 3. The van der Waals surface area contributed by atoms with Gasteiger partial charge >= 0.3 is 0 Å². The summed E-state index contributed by atoms with van der Waals surface area (Å²) >= 11 is 0. The molecule has 1 fully saturated rings. The number of aliphatic hydroxyl groups excluding tert-OH is 1. The van der Waals surface area contributed by atoms with E-state index in [9.17, 15) is 9.50 Å². The van der Waals surface area contributed by atoms with Crippen LogP contribution in [0.1, 0.15) is 18.4 Å². The molecule has 2 aliphatic rings. The van der Waals surface area contributed by atoms with E-state index in [0.29, 0.717) is 0 Å². The van der Waals surface area contributed by atoms with Crippen molar-refractivity contribution >= 4 is 0 Å². The second-order valence-corrected chi connectivity index (χ2v) is 5.49. The van der Waals surface area contributed by atoms with Gasteiger partial charge in [0, 0.05) is 23.9 Å². The van der Waals surface area contributed by atoms with Gasteiger partial charge in [0.2, 0.25) is 0 Å². The molecule has 2 unspecified atom stereocenters. The quantitative estimate of drug-likeness (QED) is 0.855. The molecule has 1 aromatic rings. The van der Waals surface area contributed by atoms with Gasteiger partial charge in [0.15, 0.2) is 0 Å². The lowest BCUT2D eigenvalue weighted by atomic mass is 9.81. The monoisotopic (exact) mass is 251 g/mol. The van der Waals surface area contributed by atoms with Crippen molar-refractivity contribution in [1.29, 1.82) is 0 Å². The van der Waals surface area contributed by atoms with Crippen molar-refractivity contribution in [2.45, 2.75) is 25.4 Å². The zero-order valence-electron chi connectivity index (χ0n) is 10.3. The fourth-order valence-electron chi connectivity index (χ4n) is 3.06. The molecular formula is C14H18FNO2. The Morgan fingerprint density at radius 2 is 2.39 bits per heavy atom. The molecule has 1 aromatic carbocycles. The first kappa shape index (κ1) is 11.9. The normalized spacial score (nSPS) is 30.2. The Kier molecular flexibility index (Phi) is 2.99. The molecule has 1 saturated heterocycles. The minimum atomic E-state index is -0.211. The Morgan fingerprint density at radius 1 is 1.50 bits per heavy atom. The standard InChI is InChI=1S/C14H18FNO2/c15-11-1-2-13-10(5-11)6-12(18-13)7-14(9-17)3-4-16-8-14/h1-2,5,12,16-17H,3-4,6-9H2. The number of ether oxygens (including phenoxy) is 1. The van der Waals surface area contributed by atoms with Gasteiger partial charge in [-0.1, -0.05) is 0 Å². The van der Waals surface area contributed by atoms with Crippen LogP contribution >= 0.6 is 0 Å². The molecule has 2 N–H and O–H groups in total. The number of benzene rings is 1. The smallest absolute Gasteiger partial charge is 0.123 e. The van der Waals surface area contributed by atoms with Crippen molar-refractivity contribution in [3.63, 3.8) is 0 Å². The van der Waals surface area contributed by atoms with Gasteiger partial charge in [-0.3, -0.25) is 0 Å². The lowest BCUT2D eigenvalue weighted by molar-refractivity contribution is 0.0833. The summed E-state index contributed by atoms with van der Waals surface area (Å²) in [6.07, 6.45) is 2.62. The number of nitrogens with one attached hydrogen (secondary N) is 1. The molecule has 0 spiro atoms. The fraction of sp³-hybridized carbons (Fsp3) is 0.571. The van der Waals surface area contributed by atoms with Crippen LogP contribution in [-0.4, -0.2) is 30.9 Å². The molecule has 0 aromatic heterocycles. The molecule has 2 atom stereocenters. The van der Waals surface area contributed by atoms with E-state index in [2.05, 4.69) is 5.32 Å². The van der Waals surface area contributed by atoms with Crippen LogP contribution in [0.3, 0.4) is 0 Å². The van der Waals surface area contributed by atoms with Gasteiger partial charge in [-0.2, -0.15) is 0 Å². The Balaban J connectivity index is 1.70. The number of halogens is 1. The third kappa shape index (κ3) is 2.10. The van der Waals surface area contributed by atoms with E-state index < -0.39 is 0 Å². The van der Waals surface area contributed by atoms with Gasteiger partial charge in [-0.05, 0) is 37.6 Å². The van der Waals surface area contributed by atoms with Crippen molar-refractivity contribution in [2.75, 3.05) is 19.7 Å². The second-order valence-electron chi connectivity index (χ2n) is 5.49. The van der Waals surface area contributed by atoms with E-state index in [0.717, 1.165) is 43.7 Å². The van der Waals surface area contributed by atoms with E-state index in [1.807, 2.05) is 0 Å². The zero-order chi connectivity index (χ0) is 12.6. The summed E-state index contributed by atoms with van der Waals surface area (Å²) in [5.74, 6) is 0.581. The van der Waals surface area contributed by atoms with Gasteiger partial charge < -0.3 is 15.2 Å². The summed E-state index contributed by atoms with van der Waals surface area (Å²) in [4.78, 5) is 0. The third-order valence-electron chi connectivity index (χ3n) is 4.09. The van der Waals surface area contributed by atoms with E-state index in [1.54, 1.807) is 12.1 Å². The van der Waals surface area contributed by atoms with Crippen molar-refractivity contribution in [3.05, 3.63) is 29.6 Å². The molecule has 0 radical (unpaired) electrons. The Hall–Kier alpha value is -1.13. The summed E-state index contributed by atoms with van der Waals surface area (Å²) in [6, 6.07) is 4.68. The van der Waals surface area contributed by atoms with Crippen molar-refractivity contribution in [1.82, 2.24) is 5.32 Å². The molecule has 4 heteroatoms. The van der Waals surface area contributed by atoms with Crippen LogP contribution in [0.15, 0.2) is 18.2 Å². The molecule has 0 saturated carbocycles. The molecule has 98 valence electrons. The van der Waals surface area contributed by atoms with Crippen LogP contribution in [0.25, 0.3) is 0 Å². The summed E-state index contributed by atoms with van der Waals surface area (Å²) in [7, 11) is 0. The molecule has 3 nitrogen and oxygen atoms in total. The first-order valence-corrected chi connectivity index (χ1v) is 6.47. The SMILES string of the molecule is OCC1(CC2Cc3cc(F)ccc3O2)CCNC1. The average Bonchev–Trinajstić information content (AvgIpc) is 2.96. The van der Waals surface area contributed by atoms with Crippen molar-refractivity contribution in [3.8, 4) is 5.75 Å². The summed E-state index contributed by atoms with van der Waals surface area (Å²) in [6.45, 7) is 1.98. The molecule has 0 aliphatic carbocycles. The highest BCUT2D eigenvalue weighted by Crippen LogP contribution is 2.37. The fourth-order valence-corrected chi connectivity index (χ4v) is 3.06. The molecule has 3 rings (SSSR count). The maximum Gasteiger partial charge on any atom is 0.123 e. The van der Waals surface area contributed by atoms with Gasteiger partial charge in [0.25, 0.3) is 0 Å². The van der Waals surface area contributed by atoms with Crippen LogP contribution in [0.4, 0.5) is 4.39 Å². The number of hydrogen-bond acceptors (Lipinski definition) is 3. The summed E-state index contributed by atoms with van der Waals surface area (Å²) in [5, 5.41) is 12.9.